The van der Waals surface area contributed by atoms with Crippen LogP contribution in [0.2, 0.25) is 0 Å². The second-order valence-electron chi connectivity index (χ2n) is 5.34. The molecule has 0 bridgehead atoms. The van der Waals surface area contributed by atoms with E-state index in [1.54, 1.807) is 11.7 Å². The van der Waals surface area contributed by atoms with E-state index in [1.807, 2.05) is 11.8 Å². The van der Waals surface area contributed by atoms with E-state index < -0.39 is 0 Å². The van der Waals surface area contributed by atoms with Gasteiger partial charge in [0.2, 0.25) is 11.7 Å². The first-order chi connectivity index (χ1) is 9.93. The highest BCUT2D eigenvalue weighted by Gasteiger charge is 2.32. The quantitative estimate of drug-likeness (QED) is 0.660. The number of nitrogens with one attached hydrogen (secondary N) is 1. The number of nitrogens with zero attached hydrogens (tertiary/aromatic N) is 4. The van der Waals surface area contributed by atoms with E-state index in [9.17, 15) is 14.9 Å². The molecule has 0 aromatic carbocycles. The number of anilines is 1. The van der Waals surface area contributed by atoms with Crippen molar-refractivity contribution in [2.75, 3.05) is 18.0 Å². The highest BCUT2D eigenvalue weighted by Crippen LogP contribution is 2.33. The predicted molar refractivity (Wildman–Crippen MR) is 78.3 cm³/mol. The molecule has 8 heteroatoms. The van der Waals surface area contributed by atoms with Crippen molar-refractivity contribution in [1.82, 2.24) is 15.1 Å². The molecule has 1 atom stereocenters. The average Bonchev–Trinajstić information content (AvgIpc) is 2.75. The van der Waals surface area contributed by atoms with E-state index in [0.29, 0.717) is 24.5 Å². The third kappa shape index (κ3) is 3.14. The molecule has 1 aliphatic heterocycles. The van der Waals surface area contributed by atoms with Crippen molar-refractivity contribution in [1.29, 1.82) is 0 Å². The van der Waals surface area contributed by atoms with Gasteiger partial charge in [0, 0.05) is 33.1 Å². The van der Waals surface area contributed by atoms with Gasteiger partial charge < -0.3 is 10.2 Å². The minimum Gasteiger partial charge on any atom is -0.352 e. The Morgan fingerprint density at radius 2 is 2.29 bits per heavy atom. The molecule has 0 radical (unpaired) electrons. The summed E-state index contributed by atoms with van der Waals surface area (Å²) < 4.78 is 1.58. The Balaban J connectivity index is 2.30. The monoisotopic (exact) mass is 295 g/mol. The van der Waals surface area contributed by atoms with Crippen LogP contribution in [0.25, 0.3) is 0 Å². The number of carbonyl (C=O) groups is 1. The minimum absolute atomic E-state index is 0.0239. The molecule has 0 spiro atoms. The molecule has 1 fully saturated rings. The molecule has 1 aromatic rings. The first-order valence-electron chi connectivity index (χ1n) is 7.16. The first kappa shape index (κ1) is 15.3. The van der Waals surface area contributed by atoms with Crippen molar-refractivity contribution in [3.8, 4) is 0 Å². The van der Waals surface area contributed by atoms with Crippen molar-refractivity contribution in [2.24, 2.45) is 7.05 Å². The van der Waals surface area contributed by atoms with Gasteiger partial charge in [0.05, 0.1) is 4.92 Å². The summed E-state index contributed by atoms with van der Waals surface area (Å²) in [6, 6.07) is 0.0239. The number of nitro groups is 1. The lowest BCUT2D eigenvalue weighted by Gasteiger charge is -2.33. The van der Waals surface area contributed by atoms with Crippen LogP contribution in [0, 0.1) is 10.1 Å². The van der Waals surface area contributed by atoms with Crippen LogP contribution in [0.1, 0.15) is 32.4 Å². The van der Waals surface area contributed by atoms with Crippen LogP contribution in [0.15, 0.2) is 0 Å². The number of aryl methyl sites for hydroxylation is 2. The van der Waals surface area contributed by atoms with Gasteiger partial charge in [0.15, 0.2) is 0 Å². The van der Waals surface area contributed by atoms with Crippen molar-refractivity contribution in [2.45, 2.75) is 39.2 Å². The van der Waals surface area contributed by atoms with Crippen LogP contribution in [0.3, 0.4) is 0 Å². The molecule has 1 N–H and O–H groups in total. The molecule has 21 heavy (non-hydrogen) atoms. The summed E-state index contributed by atoms with van der Waals surface area (Å²) in [5.74, 6) is 0.461. The number of carbonyl (C=O) groups excluding carboxylic acids is 1. The molecule has 8 nitrogen and oxygen atoms in total. The van der Waals surface area contributed by atoms with Crippen molar-refractivity contribution in [3.63, 3.8) is 0 Å². The lowest BCUT2D eigenvalue weighted by atomic mass is 10.1. The molecule has 1 unspecified atom stereocenters. The maximum atomic E-state index is 11.4. The molecular formula is C13H21N5O3. The average molecular weight is 295 g/mol. The van der Waals surface area contributed by atoms with Gasteiger partial charge in [-0.15, -0.1) is 0 Å². The smallest absolute Gasteiger partial charge is 0.334 e. The van der Waals surface area contributed by atoms with E-state index in [2.05, 4.69) is 10.4 Å². The molecule has 116 valence electrons. The van der Waals surface area contributed by atoms with Gasteiger partial charge in [-0.25, -0.2) is 4.68 Å². The summed E-state index contributed by atoms with van der Waals surface area (Å²) in [6.45, 7) is 4.65. The lowest BCUT2D eigenvalue weighted by molar-refractivity contribution is -0.384. The molecule has 1 amide bonds. The van der Waals surface area contributed by atoms with Crippen LogP contribution in [0.5, 0.6) is 0 Å². The molecule has 1 aliphatic rings. The maximum Gasteiger partial charge on any atom is 0.334 e. The van der Waals surface area contributed by atoms with Crippen LogP contribution in [0.4, 0.5) is 11.5 Å². The number of piperidine rings is 1. The summed E-state index contributed by atoms with van der Waals surface area (Å²) in [5, 5.41) is 18.5. The van der Waals surface area contributed by atoms with E-state index >= 15 is 0 Å². The first-order valence-corrected chi connectivity index (χ1v) is 7.16. The molecule has 1 saturated heterocycles. The fourth-order valence-corrected chi connectivity index (χ4v) is 2.91. The van der Waals surface area contributed by atoms with Crippen LogP contribution >= 0.6 is 0 Å². The Kier molecular flexibility index (Phi) is 4.44. The summed E-state index contributed by atoms with van der Waals surface area (Å²) in [7, 11) is 1.73. The van der Waals surface area contributed by atoms with Crippen molar-refractivity contribution in [3.05, 3.63) is 15.8 Å². The second kappa shape index (κ2) is 6.11. The standard InChI is InChI=1S/C13H21N5O3/c1-4-11-12(18(20)21)13(16(3)15-11)17-7-5-6-10(8-17)14-9(2)19/h10H,4-8H2,1-3H3,(H,14,19). The van der Waals surface area contributed by atoms with Crippen LogP contribution in [-0.4, -0.2) is 39.7 Å². The normalized spacial score (nSPS) is 18.6. The predicted octanol–water partition coefficient (Wildman–Crippen LogP) is 0.996. The number of hydrogen-bond donors (Lipinski definition) is 1. The zero-order valence-corrected chi connectivity index (χ0v) is 12.6. The molecule has 0 aliphatic carbocycles. The summed E-state index contributed by atoms with van der Waals surface area (Å²) in [6.07, 6.45) is 2.30. The Morgan fingerprint density at radius 1 is 1.57 bits per heavy atom. The zero-order chi connectivity index (χ0) is 15.6. The van der Waals surface area contributed by atoms with Crippen LogP contribution in [-0.2, 0) is 18.3 Å². The van der Waals surface area contributed by atoms with Crippen LogP contribution < -0.4 is 10.2 Å². The minimum atomic E-state index is -0.358. The van der Waals surface area contributed by atoms with Gasteiger partial charge in [-0.2, -0.15) is 5.10 Å². The fourth-order valence-electron chi connectivity index (χ4n) is 2.91. The molecule has 0 saturated carbocycles. The Bertz CT molecular complexity index is 554. The van der Waals surface area contributed by atoms with E-state index in [0.717, 1.165) is 19.4 Å². The van der Waals surface area contributed by atoms with Gasteiger partial charge in [-0.05, 0) is 19.3 Å². The van der Waals surface area contributed by atoms with Gasteiger partial charge in [-0.3, -0.25) is 14.9 Å². The lowest BCUT2D eigenvalue weighted by Crippen LogP contribution is -2.47. The summed E-state index contributed by atoms with van der Waals surface area (Å²) in [4.78, 5) is 24.2. The Morgan fingerprint density at radius 3 is 2.86 bits per heavy atom. The van der Waals surface area contributed by atoms with Crippen molar-refractivity contribution < 1.29 is 9.72 Å². The van der Waals surface area contributed by atoms with E-state index in [-0.39, 0.29) is 22.6 Å². The maximum absolute atomic E-state index is 11.4. The summed E-state index contributed by atoms with van der Waals surface area (Å²) >= 11 is 0. The molecular weight excluding hydrogens is 274 g/mol. The highest BCUT2D eigenvalue weighted by molar-refractivity contribution is 5.73. The largest absolute Gasteiger partial charge is 0.352 e. The molecule has 1 aromatic heterocycles. The molecule has 2 rings (SSSR count). The summed E-state index contributed by atoms with van der Waals surface area (Å²) in [5.41, 5.74) is 0.586. The number of rotatable bonds is 4. The Hall–Kier alpha value is -2.12. The number of amides is 1. The van der Waals surface area contributed by atoms with Gasteiger partial charge >= 0.3 is 5.69 Å². The van der Waals surface area contributed by atoms with Crippen molar-refractivity contribution >= 4 is 17.4 Å². The van der Waals surface area contributed by atoms with E-state index in [4.69, 9.17) is 0 Å². The highest BCUT2D eigenvalue weighted by atomic mass is 16.6. The third-order valence-electron chi connectivity index (χ3n) is 3.71. The fraction of sp³-hybridized carbons (Fsp3) is 0.692. The molecule has 2 heterocycles. The zero-order valence-electron chi connectivity index (χ0n) is 12.6. The Labute approximate surface area is 123 Å². The third-order valence-corrected chi connectivity index (χ3v) is 3.71. The van der Waals surface area contributed by atoms with Gasteiger partial charge in [0.25, 0.3) is 0 Å². The van der Waals surface area contributed by atoms with Gasteiger partial charge in [0.1, 0.15) is 5.69 Å². The second-order valence-corrected chi connectivity index (χ2v) is 5.34. The SMILES string of the molecule is CCc1nn(C)c(N2CCCC(NC(C)=O)C2)c1[N+](=O)[O-]. The van der Waals surface area contributed by atoms with E-state index in [1.165, 1.54) is 6.92 Å². The van der Waals surface area contributed by atoms with Gasteiger partial charge in [-0.1, -0.05) is 6.92 Å². The number of aromatic nitrogens is 2. The number of hydrogen-bond acceptors (Lipinski definition) is 5. The topological polar surface area (TPSA) is 93.3 Å².